The van der Waals surface area contributed by atoms with Gasteiger partial charge in [0.2, 0.25) is 0 Å². The standard InChI is InChI=1S/C14H12BrClO/c1-10-2-3-11(14(16)8-10)9-17-13-6-4-12(15)5-7-13/h2-8H,9H2,1H3. The van der Waals surface area contributed by atoms with Crippen LogP contribution in [0.25, 0.3) is 0 Å². The van der Waals surface area contributed by atoms with E-state index in [2.05, 4.69) is 15.9 Å². The van der Waals surface area contributed by atoms with E-state index in [0.717, 1.165) is 26.4 Å². The lowest BCUT2D eigenvalue weighted by molar-refractivity contribution is 0.306. The molecule has 0 saturated heterocycles. The van der Waals surface area contributed by atoms with Crippen LogP contribution in [0.3, 0.4) is 0 Å². The Morgan fingerprint density at radius 2 is 1.82 bits per heavy atom. The average molecular weight is 312 g/mol. The van der Waals surface area contributed by atoms with Crippen LogP contribution < -0.4 is 4.74 Å². The predicted molar refractivity (Wildman–Crippen MR) is 74.7 cm³/mol. The summed E-state index contributed by atoms with van der Waals surface area (Å²) in [6.45, 7) is 2.51. The molecule has 0 aromatic heterocycles. The smallest absolute Gasteiger partial charge is 0.119 e. The topological polar surface area (TPSA) is 9.23 Å². The van der Waals surface area contributed by atoms with E-state index in [1.54, 1.807) is 0 Å². The Labute approximate surface area is 115 Å². The van der Waals surface area contributed by atoms with E-state index in [1.165, 1.54) is 0 Å². The number of halogens is 2. The average Bonchev–Trinajstić information content (AvgIpc) is 2.30. The van der Waals surface area contributed by atoms with Gasteiger partial charge in [0.15, 0.2) is 0 Å². The summed E-state index contributed by atoms with van der Waals surface area (Å²) in [6.07, 6.45) is 0. The molecule has 0 unspecified atom stereocenters. The van der Waals surface area contributed by atoms with Crippen molar-refractivity contribution in [1.29, 1.82) is 0 Å². The van der Waals surface area contributed by atoms with E-state index in [1.807, 2.05) is 49.4 Å². The zero-order valence-electron chi connectivity index (χ0n) is 9.41. The number of hydrogen-bond acceptors (Lipinski definition) is 1. The molecule has 0 atom stereocenters. The van der Waals surface area contributed by atoms with Crippen LogP contribution in [0.1, 0.15) is 11.1 Å². The zero-order chi connectivity index (χ0) is 12.3. The van der Waals surface area contributed by atoms with Gasteiger partial charge in [-0.25, -0.2) is 0 Å². The third kappa shape index (κ3) is 3.48. The quantitative estimate of drug-likeness (QED) is 0.776. The number of benzene rings is 2. The highest BCUT2D eigenvalue weighted by molar-refractivity contribution is 9.10. The summed E-state index contributed by atoms with van der Waals surface area (Å²) in [7, 11) is 0. The van der Waals surface area contributed by atoms with Gasteiger partial charge in [0.1, 0.15) is 12.4 Å². The van der Waals surface area contributed by atoms with Crippen LogP contribution in [0.5, 0.6) is 5.75 Å². The Bertz CT molecular complexity index is 508. The molecule has 2 aromatic carbocycles. The molecule has 2 aromatic rings. The summed E-state index contributed by atoms with van der Waals surface area (Å²) in [4.78, 5) is 0. The Morgan fingerprint density at radius 3 is 2.47 bits per heavy atom. The molecule has 0 radical (unpaired) electrons. The van der Waals surface area contributed by atoms with Gasteiger partial charge in [-0.2, -0.15) is 0 Å². The summed E-state index contributed by atoms with van der Waals surface area (Å²) < 4.78 is 6.70. The molecule has 0 heterocycles. The lowest BCUT2D eigenvalue weighted by Crippen LogP contribution is -1.96. The molecule has 0 aliphatic carbocycles. The van der Waals surface area contributed by atoms with Crippen LogP contribution in [0.2, 0.25) is 5.02 Å². The Balaban J connectivity index is 2.04. The summed E-state index contributed by atoms with van der Waals surface area (Å²) >= 11 is 9.52. The monoisotopic (exact) mass is 310 g/mol. The van der Waals surface area contributed by atoms with Crippen molar-refractivity contribution in [2.45, 2.75) is 13.5 Å². The van der Waals surface area contributed by atoms with E-state index >= 15 is 0 Å². The number of aryl methyl sites for hydroxylation is 1. The minimum absolute atomic E-state index is 0.487. The first kappa shape index (κ1) is 12.5. The van der Waals surface area contributed by atoms with Crippen molar-refractivity contribution in [2.75, 3.05) is 0 Å². The predicted octanol–water partition coefficient (Wildman–Crippen LogP) is 4.99. The highest BCUT2D eigenvalue weighted by atomic mass is 79.9. The third-order valence-electron chi connectivity index (χ3n) is 2.42. The van der Waals surface area contributed by atoms with Crippen LogP contribution >= 0.6 is 27.5 Å². The van der Waals surface area contributed by atoms with Crippen LogP contribution in [0, 0.1) is 6.92 Å². The van der Waals surface area contributed by atoms with Gasteiger partial charge < -0.3 is 4.74 Å². The molecule has 0 N–H and O–H groups in total. The minimum atomic E-state index is 0.487. The lowest BCUT2D eigenvalue weighted by atomic mass is 10.2. The second-order valence-corrected chi connectivity index (χ2v) is 5.16. The highest BCUT2D eigenvalue weighted by Crippen LogP contribution is 2.21. The normalized spacial score (nSPS) is 10.3. The fourth-order valence-electron chi connectivity index (χ4n) is 1.46. The maximum atomic E-state index is 6.13. The van der Waals surface area contributed by atoms with Gasteiger partial charge in [-0.3, -0.25) is 0 Å². The number of hydrogen-bond donors (Lipinski definition) is 0. The molecule has 3 heteroatoms. The molecule has 0 amide bonds. The van der Waals surface area contributed by atoms with E-state index in [9.17, 15) is 0 Å². The van der Waals surface area contributed by atoms with Gasteiger partial charge in [0.25, 0.3) is 0 Å². The largest absolute Gasteiger partial charge is 0.489 e. The van der Waals surface area contributed by atoms with Crippen molar-refractivity contribution in [3.63, 3.8) is 0 Å². The second-order valence-electron chi connectivity index (χ2n) is 3.84. The van der Waals surface area contributed by atoms with Gasteiger partial charge in [-0.05, 0) is 42.8 Å². The van der Waals surface area contributed by atoms with E-state index in [0.29, 0.717) is 6.61 Å². The molecule has 0 spiro atoms. The molecule has 1 nitrogen and oxygen atoms in total. The Kier molecular flexibility index (Phi) is 4.08. The molecule has 0 saturated carbocycles. The molecule has 0 aliphatic heterocycles. The summed E-state index contributed by atoms with van der Waals surface area (Å²) in [5, 5.41) is 0.752. The van der Waals surface area contributed by atoms with Gasteiger partial charge in [0, 0.05) is 15.1 Å². The van der Waals surface area contributed by atoms with E-state index in [-0.39, 0.29) is 0 Å². The van der Waals surface area contributed by atoms with Crippen molar-refractivity contribution in [3.8, 4) is 5.75 Å². The third-order valence-corrected chi connectivity index (χ3v) is 3.30. The van der Waals surface area contributed by atoms with Crippen molar-refractivity contribution in [2.24, 2.45) is 0 Å². The van der Waals surface area contributed by atoms with Gasteiger partial charge in [0.05, 0.1) is 0 Å². The van der Waals surface area contributed by atoms with Crippen LogP contribution in [-0.2, 0) is 6.61 Å². The molecule has 0 aliphatic rings. The highest BCUT2D eigenvalue weighted by Gasteiger charge is 2.01. The van der Waals surface area contributed by atoms with Crippen molar-refractivity contribution in [1.82, 2.24) is 0 Å². The summed E-state index contributed by atoms with van der Waals surface area (Å²) in [5.74, 6) is 0.838. The first-order chi connectivity index (χ1) is 8.15. The van der Waals surface area contributed by atoms with Crippen molar-refractivity contribution in [3.05, 3.63) is 63.1 Å². The van der Waals surface area contributed by atoms with Crippen molar-refractivity contribution < 1.29 is 4.74 Å². The van der Waals surface area contributed by atoms with Crippen LogP contribution in [0.15, 0.2) is 46.9 Å². The fraction of sp³-hybridized carbons (Fsp3) is 0.143. The number of rotatable bonds is 3. The minimum Gasteiger partial charge on any atom is -0.489 e. The van der Waals surface area contributed by atoms with E-state index in [4.69, 9.17) is 16.3 Å². The Hall–Kier alpha value is -0.990. The van der Waals surface area contributed by atoms with Gasteiger partial charge in [-0.15, -0.1) is 0 Å². The SMILES string of the molecule is Cc1ccc(COc2ccc(Br)cc2)c(Cl)c1. The molecular formula is C14H12BrClO. The molecule has 88 valence electrons. The molecule has 0 fully saturated rings. The van der Waals surface area contributed by atoms with Gasteiger partial charge in [-0.1, -0.05) is 39.7 Å². The first-order valence-electron chi connectivity index (χ1n) is 5.28. The van der Waals surface area contributed by atoms with Crippen LogP contribution in [-0.4, -0.2) is 0 Å². The molecule has 2 rings (SSSR count). The zero-order valence-corrected chi connectivity index (χ0v) is 11.8. The maximum absolute atomic E-state index is 6.13. The Morgan fingerprint density at radius 1 is 1.12 bits per heavy atom. The first-order valence-corrected chi connectivity index (χ1v) is 6.45. The second kappa shape index (κ2) is 5.56. The lowest BCUT2D eigenvalue weighted by Gasteiger charge is -2.08. The molecular weight excluding hydrogens is 300 g/mol. The maximum Gasteiger partial charge on any atom is 0.119 e. The fourth-order valence-corrected chi connectivity index (χ4v) is 2.02. The van der Waals surface area contributed by atoms with Crippen LogP contribution in [0.4, 0.5) is 0 Å². The van der Waals surface area contributed by atoms with E-state index < -0.39 is 0 Å². The van der Waals surface area contributed by atoms with Crippen molar-refractivity contribution >= 4 is 27.5 Å². The summed E-state index contributed by atoms with van der Waals surface area (Å²) in [6, 6.07) is 13.7. The summed E-state index contributed by atoms with van der Waals surface area (Å²) in [5.41, 5.74) is 2.16. The van der Waals surface area contributed by atoms with Gasteiger partial charge >= 0.3 is 0 Å². The number of ether oxygens (including phenoxy) is 1. The molecule has 0 bridgehead atoms. The molecule has 17 heavy (non-hydrogen) atoms.